The molecule has 2 aromatic carbocycles. The second-order valence-electron chi connectivity index (χ2n) is 3.76. The van der Waals surface area contributed by atoms with E-state index in [1.165, 1.54) is 10.8 Å². The number of hydrogen-bond acceptors (Lipinski definition) is 2. The molecule has 1 saturated heterocycles. The van der Waals surface area contributed by atoms with Gasteiger partial charge in [0.2, 0.25) is 0 Å². The van der Waals surface area contributed by atoms with Crippen LogP contribution in [0.3, 0.4) is 0 Å². The summed E-state index contributed by atoms with van der Waals surface area (Å²) in [5.74, 6) is 0. The van der Waals surface area contributed by atoms with Gasteiger partial charge in [-0.2, -0.15) is 0 Å². The standard InChI is InChI=1S/C13H10O2/c14-8-12-13(15-12)11-6-5-9-3-1-2-4-10(9)7-11/h1-8,12-13H/t12-,13-/m1/s1. The van der Waals surface area contributed by atoms with E-state index in [9.17, 15) is 4.79 Å². The maximum absolute atomic E-state index is 10.5. The highest BCUT2D eigenvalue weighted by atomic mass is 16.6. The zero-order valence-electron chi connectivity index (χ0n) is 8.09. The van der Waals surface area contributed by atoms with E-state index in [2.05, 4.69) is 24.3 Å². The van der Waals surface area contributed by atoms with Crippen LogP contribution in [0.2, 0.25) is 0 Å². The van der Waals surface area contributed by atoms with E-state index in [0.717, 1.165) is 11.8 Å². The molecule has 0 aromatic heterocycles. The van der Waals surface area contributed by atoms with Crippen LogP contribution in [-0.4, -0.2) is 12.4 Å². The van der Waals surface area contributed by atoms with E-state index in [-0.39, 0.29) is 12.2 Å². The molecule has 0 amide bonds. The van der Waals surface area contributed by atoms with Gasteiger partial charge in [-0.15, -0.1) is 0 Å². The van der Waals surface area contributed by atoms with Crippen molar-refractivity contribution in [1.82, 2.24) is 0 Å². The van der Waals surface area contributed by atoms with Crippen molar-refractivity contribution < 1.29 is 9.53 Å². The Morgan fingerprint density at radius 3 is 2.60 bits per heavy atom. The minimum Gasteiger partial charge on any atom is -0.357 e. The van der Waals surface area contributed by atoms with Gasteiger partial charge < -0.3 is 9.53 Å². The molecule has 0 saturated carbocycles. The molecular formula is C13H10O2. The molecule has 0 radical (unpaired) electrons. The van der Waals surface area contributed by atoms with E-state index in [0.29, 0.717) is 0 Å². The van der Waals surface area contributed by atoms with Crippen molar-refractivity contribution in [2.24, 2.45) is 0 Å². The smallest absolute Gasteiger partial charge is 0.151 e. The van der Waals surface area contributed by atoms with Crippen molar-refractivity contribution in [3.05, 3.63) is 48.0 Å². The zero-order chi connectivity index (χ0) is 10.3. The van der Waals surface area contributed by atoms with Gasteiger partial charge in [-0.05, 0) is 22.4 Å². The van der Waals surface area contributed by atoms with Crippen molar-refractivity contribution in [2.75, 3.05) is 0 Å². The third-order valence-electron chi connectivity index (χ3n) is 2.76. The van der Waals surface area contributed by atoms with E-state index < -0.39 is 0 Å². The van der Waals surface area contributed by atoms with Gasteiger partial charge in [0.15, 0.2) is 6.29 Å². The van der Waals surface area contributed by atoms with Gasteiger partial charge in [0.05, 0.1) is 0 Å². The third-order valence-corrected chi connectivity index (χ3v) is 2.76. The predicted octanol–water partition coefficient (Wildman–Crippen LogP) is 2.48. The molecule has 1 heterocycles. The molecule has 0 N–H and O–H groups in total. The van der Waals surface area contributed by atoms with Crippen molar-refractivity contribution in [2.45, 2.75) is 12.2 Å². The van der Waals surface area contributed by atoms with Gasteiger partial charge in [-0.25, -0.2) is 0 Å². The first-order valence-electron chi connectivity index (χ1n) is 4.98. The first-order valence-corrected chi connectivity index (χ1v) is 4.98. The number of ether oxygens (including phenoxy) is 1. The summed E-state index contributed by atoms with van der Waals surface area (Å²) < 4.78 is 5.23. The molecule has 1 aliphatic rings. The fourth-order valence-electron chi connectivity index (χ4n) is 1.88. The molecule has 2 nitrogen and oxygen atoms in total. The van der Waals surface area contributed by atoms with Crippen LogP contribution in [0.4, 0.5) is 0 Å². The lowest BCUT2D eigenvalue weighted by atomic mass is 10.0. The van der Waals surface area contributed by atoms with Gasteiger partial charge in [-0.1, -0.05) is 36.4 Å². The lowest BCUT2D eigenvalue weighted by molar-refractivity contribution is -0.108. The van der Waals surface area contributed by atoms with Crippen molar-refractivity contribution in [3.8, 4) is 0 Å². The molecule has 3 rings (SSSR count). The summed E-state index contributed by atoms with van der Waals surface area (Å²) in [6, 6.07) is 14.3. The minimum absolute atomic E-state index is 0.0212. The summed E-state index contributed by atoms with van der Waals surface area (Å²) in [5.41, 5.74) is 1.09. The number of aldehydes is 1. The van der Waals surface area contributed by atoms with E-state index >= 15 is 0 Å². The first kappa shape index (κ1) is 8.62. The molecule has 74 valence electrons. The lowest BCUT2D eigenvalue weighted by Crippen LogP contribution is -1.88. The predicted molar refractivity (Wildman–Crippen MR) is 57.6 cm³/mol. The molecule has 1 aliphatic heterocycles. The maximum atomic E-state index is 10.5. The van der Waals surface area contributed by atoms with Gasteiger partial charge in [-0.3, -0.25) is 0 Å². The highest BCUT2D eigenvalue weighted by Crippen LogP contribution is 2.38. The molecule has 0 aliphatic carbocycles. The topological polar surface area (TPSA) is 29.6 Å². The Morgan fingerprint density at radius 1 is 1.07 bits per heavy atom. The molecule has 2 atom stereocenters. The number of fused-ring (bicyclic) bond motifs is 1. The summed E-state index contributed by atoms with van der Waals surface area (Å²) in [4.78, 5) is 10.5. The van der Waals surface area contributed by atoms with Gasteiger partial charge >= 0.3 is 0 Å². The van der Waals surface area contributed by atoms with Gasteiger partial charge in [0.25, 0.3) is 0 Å². The van der Waals surface area contributed by atoms with Crippen LogP contribution in [0.5, 0.6) is 0 Å². The summed E-state index contributed by atoms with van der Waals surface area (Å²) in [7, 11) is 0. The van der Waals surface area contributed by atoms with Crippen LogP contribution in [0, 0.1) is 0 Å². The normalized spacial score (nSPS) is 24.0. The summed E-state index contributed by atoms with van der Waals surface area (Å²) in [6.07, 6.45) is 0.609. The zero-order valence-corrected chi connectivity index (χ0v) is 8.09. The number of hydrogen-bond donors (Lipinski definition) is 0. The Morgan fingerprint density at radius 2 is 1.87 bits per heavy atom. The molecule has 1 fully saturated rings. The van der Waals surface area contributed by atoms with Crippen LogP contribution in [0.25, 0.3) is 10.8 Å². The van der Waals surface area contributed by atoms with Crippen LogP contribution >= 0.6 is 0 Å². The molecule has 0 bridgehead atoms. The summed E-state index contributed by atoms with van der Waals surface area (Å²) >= 11 is 0. The second kappa shape index (κ2) is 3.17. The molecule has 0 unspecified atom stereocenters. The van der Waals surface area contributed by atoms with Crippen LogP contribution < -0.4 is 0 Å². The quantitative estimate of drug-likeness (QED) is 0.548. The van der Waals surface area contributed by atoms with E-state index in [4.69, 9.17) is 4.74 Å². The summed E-state index contributed by atoms with van der Waals surface area (Å²) in [6.45, 7) is 0. The SMILES string of the molecule is O=C[C@H]1O[C@@H]1c1ccc2ccccc2c1. The fraction of sp³-hybridized carbons (Fsp3) is 0.154. The molecule has 2 aromatic rings. The van der Waals surface area contributed by atoms with Crippen molar-refractivity contribution in [3.63, 3.8) is 0 Å². The van der Waals surface area contributed by atoms with Gasteiger partial charge in [0, 0.05) is 0 Å². The number of carbonyl (C=O) groups is 1. The average Bonchev–Trinajstić information content (AvgIpc) is 3.08. The minimum atomic E-state index is -0.230. The molecule has 0 spiro atoms. The fourth-order valence-corrected chi connectivity index (χ4v) is 1.88. The maximum Gasteiger partial charge on any atom is 0.151 e. The van der Waals surface area contributed by atoms with Crippen molar-refractivity contribution in [1.29, 1.82) is 0 Å². The Hall–Kier alpha value is -1.67. The summed E-state index contributed by atoms with van der Waals surface area (Å²) in [5, 5.41) is 2.40. The molecule has 2 heteroatoms. The molecule has 15 heavy (non-hydrogen) atoms. The van der Waals surface area contributed by atoms with Crippen molar-refractivity contribution >= 4 is 17.1 Å². The van der Waals surface area contributed by atoms with Gasteiger partial charge in [0.1, 0.15) is 12.2 Å². The molecular weight excluding hydrogens is 188 g/mol. The van der Waals surface area contributed by atoms with Crippen LogP contribution in [0.1, 0.15) is 11.7 Å². The Bertz CT molecular complexity index is 519. The Labute approximate surface area is 87.5 Å². The highest BCUT2D eigenvalue weighted by Gasteiger charge is 2.39. The number of benzene rings is 2. The van der Waals surface area contributed by atoms with E-state index in [1.807, 2.05) is 18.2 Å². The second-order valence-corrected chi connectivity index (χ2v) is 3.76. The monoisotopic (exact) mass is 198 g/mol. The number of rotatable bonds is 2. The largest absolute Gasteiger partial charge is 0.357 e. The first-order chi connectivity index (χ1) is 7.38. The highest BCUT2D eigenvalue weighted by molar-refractivity contribution is 5.83. The number of epoxide rings is 1. The Kier molecular flexibility index (Phi) is 1.82. The third kappa shape index (κ3) is 1.43. The van der Waals surface area contributed by atoms with Crippen LogP contribution in [0.15, 0.2) is 42.5 Å². The average molecular weight is 198 g/mol. The van der Waals surface area contributed by atoms with Crippen LogP contribution in [-0.2, 0) is 9.53 Å². The van der Waals surface area contributed by atoms with E-state index in [1.54, 1.807) is 0 Å². The lowest BCUT2D eigenvalue weighted by Gasteiger charge is -1.99. The number of carbonyl (C=O) groups excluding carboxylic acids is 1. The Balaban J connectivity index is 2.04.